The lowest BCUT2D eigenvalue weighted by molar-refractivity contribution is -0.132. The molecule has 2 amide bonds. The average molecular weight is 312 g/mol. The molecule has 0 saturated carbocycles. The molecule has 2 rings (SSSR count). The van der Waals surface area contributed by atoms with Crippen LogP contribution in [0.15, 0.2) is 18.2 Å². The van der Waals surface area contributed by atoms with E-state index >= 15 is 0 Å². The molecule has 1 saturated heterocycles. The fourth-order valence-corrected chi connectivity index (χ4v) is 2.62. The molecule has 1 aliphatic rings. The highest BCUT2D eigenvalue weighted by molar-refractivity contribution is 7.80. The van der Waals surface area contributed by atoms with Crippen LogP contribution in [0.4, 0.5) is 5.69 Å². The minimum Gasteiger partial charge on any atom is -0.389 e. The molecular formula is C13H14ClN3O2S. The van der Waals surface area contributed by atoms with Crippen LogP contribution in [0, 0.1) is 0 Å². The van der Waals surface area contributed by atoms with Gasteiger partial charge < -0.3 is 10.6 Å². The first kappa shape index (κ1) is 14.7. The molecule has 1 aromatic rings. The van der Waals surface area contributed by atoms with Gasteiger partial charge in [0, 0.05) is 16.3 Å². The molecule has 1 aromatic carbocycles. The highest BCUT2D eigenvalue weighted by atomic mass is 35.5. The van der Waals surface area contributed by atoms with Gasteiger partial charge in [0.1, 0.15) is 11.0 Å². The Balaban J connectivity index is 2.50. The second kappa shape index (κ2) is 5.76. The summed E-state index contributed by atoms with van der Waals surface area (Å²) in [7, 11) is 0. The number of anilines is 1. The van der Waals surface area contributed by atoms with E-state index in [0.29, 0.717) is 22.7 Å². The molecule has 1 heterocycles. The number of thiocarbonyl (C=S) groups is 1. The van der Waals surface area contributed by atoms with E-state index in [4.69, 9.17) is 29.6 Å². The SMILES string of the molecule is CCC1C(=O)NC(=O)CN1c1ccc(Cl)cc1C(N)=S. The molecule has 0 aromatic heterocycles. The number of nitrogens with zero attached hydrogens (tertiary/aromatic N) is 1. The minimum atomic E-state index is -0.429. The molecule has 0 bridgehead atoms. The van der Waals surface area contributed by atoms with Gasteiger partial charge in [-0.2, -0.15) is 0 Å². The Morgan fingerprint density at radius 3 is 2.85 bits per heavy atom. The van der Waals surface area contributed by atoms with Gasteiger partial charge in [0.05, 0.1) is 6.54 Å². The summed E-state index contributed by atoms with van der Waals surface area (Å²) in [4.78, 5) is 25.4. The van der Waals surface area contributed by atoms with Crippen molar-refractivity contribution in [2.75, 3.05) is 11.4 Å². The third kappa shape index (κ3) is 2.76. The highest BCUT2D eigenvalue weighted by Gasteiger charge is 2.33. The Hall–Kier alpha value is -1.66. The van der Waals surface area contributed by atoms with Crippen LogP contribution >= 0.6 is 23.8 Å². The first-order valence-corrected chi connectivity index (χ1v) is 6.92. The van der Waals surface area contributed by atoms with Crippen molar-refractivity contribution in [1.29, 1.82) is 0 Å². The molecule has 0 spiro atoms. The normalized spacial score (nSPS) is 18.9. The number of amides is 2. The second-order valence-corrected chi connectivity index (χ2v) is 5.37. The summed E-state index contributed by atoms with van der Waals surface area (Å²) in [6.07, 6.45) is 0.568. The molecule has 0 radical (unpaired) electrons. The van der Waals surface area contributed by atoms with Crippen LogP contribution in [-0.2, 0) is 9.59 Å². The summed E-state index contributed by atoms with van der Waals surface area (Å²) in [5.41, 5.74) is 6.92. The molecule has 1 aliphatic heterocycles. The monoisotopic (exact) mass is 311 g/mol. The van der Waals surface area contributed by atoms with Crippen LogP contribution < -0.4 is 16.0 Å². The summed E-state index contributed by atoms with van der Waals surface area (Å²) < 4.78 is 0. The Labute approximate surface area is 127 Å². The molecular weight excluding hydrogens is 298 g/mol. The van der Waals surface area contributed by atoms with Crippen LogP contribution in [0.25, 0.3) is 0 Å². The van der Waals surface area contributed by atoms with Crippen LogP contribution in [0.1, 0.15) is 18.9 Å². The van der Waals surface area contributed by atoms with E-state index in [0.717, 1.165) is 0 Å². The maximum Gasteiger partial charge on any atom is 0.249 e. The minimum absolute atomic E-state index is 0.0848. The van der Waals surface area contributed by atoms with Gasteiger partial charge in [0.25, 0.3) is 0 Å². The van der Waals surface area contributed by atoms with Crippen molar-refractivity contribution in [3.8, 4) is 0 Å². The first-order valence-electron chi connectivity index (χ1n) is 6.13. The van der Waals surface area contributed by atoms with E-state index in [1.165, 1.54) is 0 Å². The molecule has 3 N–H and O–H groups in total. The fourth-order valence-electron chi connectivity index (χ4n) is 2.28. The summed E-state index contributed by atoms with van der Waals surface area (Å²) in [5, 5.41) is 2.83. The summed E-state index contributed by atoms with van der Waals surface area (Å²) in [6, 6.07) is 4.62. The van der Waals surface area contributed by atoms with Crippen LogP contribution in [0.2, 0.25) is 5.02 Å². The van der Waals surface area contributed by atoms with Gasteiger partial charge in [-0.25, -0.2) is 0 Å². The van der Waals surface area contributed by atoms with E-state index in [1.807, 2.05) is 6.92 Å². The number of carbonyl (C=O) groups excluding carboxylic acids is 2. The van der Waals surface area contributed by atoms with Crippen molar-refractivity contribution < 1.29 is 9.59 Å². The number of hydrogen-bond acceptors (Lipinski definition) is 4. The van der Waals surface area contributed by atoms with Crippen LogP contribution in [-0.4, -0.2) is 29.4 Å². The van der Waals surface area contributed by atoms with Gasteiger partial charge in [0.15, 0.2) is 0 Å². The number of halogens is 1. The van der Waals surface area contributed by atoms with Crippen molar-refractivity contribution in [3.05, 3.63) is 28.8 Å². The summed E-state index contributed by atoms with van der Waals surface area (Å²) in [6.45, 7) is 1.96. The quantitative estimate of drug-likeness (QED) is 0.648. The van der Waals surface area contributed by atoms with Gasteiger partial charge in [-0.15, -0.1) is 0 Å². The number of nitrogens with two attached hydrogens (primary N) is 1. The van der Waals surface area contributed by atoms with E-state index < -0.39 is 6.04 Å². The van der Waals surface area contributed by atoms with Crippen molar-refractivity contribution in [1.82, 2.24) is 5.32 Å². The smallest absolute Gasteiger partial charge is 0.249 e. The topological polar surface area (TPSA) is 75.4 Å². The van der Waals surface area contributed by atoms with Gasteiger partial charge >= 0.3 is 0 Å². The molecule has 20 heavy (non-hydrogen) atoms. The third-order valence-corrected chi connectivity index (χ3v) is 3.63. The zero-order chi connectivity index (χ0) is 14.9. The fraction of sp³-hybridized carbons (Fsp3) is 0.308. The molecule has 1 unspecified atom stereocenters. The van der Waals surface area contributed by atoms with Crippen molar-refractivity contribution in [2.45, 2.75) is 19.4 Å². The number of nitrogens with one attached hydrogen (secondary N) is 1. The number of benzene rings is 1. The predicted molar refractivity (Wildman–Crippen MR) is 81.9 cm³/mol. The zero-order valence-corrected chi connectivity index (χ0v) is 12.4. The van der Waals surface area contributed by atoms with E-state index in [1.54, 1.807) is 23.1 Å². The Morgan fingerprint density at radius 2 is 2.25 bits per heavy atom. The maximum atomic E-state index is 11.9. The lowest BCUT2D eigenvalue weighted by Gasteiger charge is -2.36. The van der Waals surface area contributed by atoms with Gasteiger partial charge in [0.2, 0.25) is 11.8 Å². The molecule has 1 atom stereocenters. The Morgan fingerprint density at radius 1 is 1.55 bits per heavy atom. The molecule has 106 valence electrons. The third-order valence-electron chi connectivity index (χ3n) is 3.18. The van der Waals surface area contributed by atoms with Crippen molar-refractivity contribution in [2.24, 2.45) is 5.73 Å². The molecule has 0 aliphatic carbocycles. The lowest BCUT2D eigenvalue weighted by atomic mass is 10.1. The summed E-state index contributed by atoms with van der Waals surface area (Å²) >= 11 is 11.0. The molecule has 5 nitrogen and oxygen atoms in total. The molecule has 7 heteroatoms. The number of imide groups is 1. The van der Waals surface area contributed by atoms with Crippen molar-refractivity contribution >= 4 is 46.3 Å². The predicted octanol–water partition coefficient (Wildman–Crippen LogP) is 1.22. The van der Waals surface area contributed by atoms with Crippen LogP contribution in [0.5, 0.6) is 0 Å². The van der Waals surface area contributed by atoms with Gasteiger partial charge in [-0.3, -0.25) is 14.9 Å². The standard InChI is InChI=1S/C13H14ClN3O2S/c1-2-9-13(19)16-11(18)6-17(9)10-4-3-7(14)5-8(10)12(15)20/h3-5,9H,2,6H2,1H3,(H2,15,20)(H,16,18,19). The number of carbonyl (C=O) groups is 2. The first-order chi connectivity index (χ1) is 9.43. The number of rotatable bonds is 3. The molecule has 1 fully saturated rings. The average Bonchev–Trinajstić information content (AvgIpc) is 2.37. The van der Waals surface area contributed by atoms with Gasteiger partial charge in [-0.05, 0) is 24.6 Å². The van der Waals surface area contributed by atoms with E-state index in [9.17, 15) is 9.59 Å². The number of piperazine rings is 1. The largest absolute Gasteiger partial charge is 0.389 e. The Bertz CT molecular complexity index is 591. The second-order valence-electron chi connectivity index (χ2n) is 4.49. The number of hydrogen-bond donors (Lipinski definition) is 2. The van der Waals surface area contributed by atoms with Gasteiger partial charge in [-0.1, -0.05) is 30.7 Å². The maximum absolute atomic E-state index is 11.9. The Kier molecular flexibility index (Phi) is 4.25. The van der Waals surface area contributed by atoms with E-state index in [2.05, 4.69) is 5.32 Å². The van der Waals surface area contributed by atoms with Crippen LogP contribution in [0.3, 0.4) is 0 Å². The zero-order valence-electron chi connectivity index (χ0n) is 10.9. The summed E-state index contributed by atoms with van der Waals surface area (Å²) in [5.74, 6) is -0.656. The lowest BCUT2D eigenvalue weighted by Crippen LogP contribution is -2.58. The van der Waals surface area contributed by atoms with Crippen molar-refractivity contribution in [3.63, 3.8) is 0 Å². The highest BCUT2D eigenvalue weighted by Crippen LogP contribution is 2.28. The van der Waals surface area contributed by atoms with E-state index in [-0.39, 0.29) is 23.3 Å².